The number of nitrogens with one attached hydrogen (secondary N) is 1. The number of nitrogens with zero attached hydrogens (tertiary/aromatic N) is 1. The van der Waals surface area contributed by atoms with Gasteiger partial charge in [0.15, 0.2) is 6.61 Å². The van der Waals surface area contributed by atoms with Crippen molar-refractivity contribution in [2.45, 2.75) is 31.7 Å². The second-order valence-electron chi connectivity index (χ2n) is 7.83. The summed E-state index contributed by atoms with van der Waals surface area (Å²) < 4.78 is 5.41. The van der Waals surface area contributed by atoms with Crippen LogP contribution in [0.1, 0.15) is 46.4 Å². The van der Waals surface area contributed by atoms with Crippen molar-refractivity contribution in [1.29, 1.82) is 0 Å². The predicted molar refractivity (Wildman–Crippen MR) is 116 cm³/mol. The molecule has 5 heteroatoms. The van der Waals surface area contributed by atoms with Gasteiger partial charge in [-0.2, -0.15) is 0 Å². The second-order valence-corrected chi connectivity index (χ2v) is 7.83. The van der Waals surface area contributed by atoms with Crippen molar-refractivity contribution in [3.8, 4) is 0 Å². The van der Waals surface area contributed by atoms with Crippen LogP contribution < -0.4 is 5.32 Å². The van der Waals surface area contributed by atoms with Gasteiger partial charge in [0.2, 0.25) is 0 Å². The normalized spacial score (nSPS) is 16.5. The van der Waals surface area contributed by atoms with Gasteiger partial charge in [0, 0.05) is 11.4 Å². The van der Waals surface area contributed by atoms with E-state index in [0.29, 0.717) is 5.56 Å². The molecule has 1 aromatic heterocycles. The fraction of sp³-hybridized carbons (Fsp3) is 0.240. The van der Waals surface area contributed by atoms with Crippen LogP contribution in [-0.4, -0.2) is 29.5 Å². The van der Waals surface area contributed by atoms with Gasteiger partial charge < -0.3 is 10.1 Å². The molecule has 2 aliphatic carbocycles. The Morgan fingerprint density at radius 1 is 1.03 bits per heavy atom. The van der Waals surface area contributed by atoms with E-state index in [1.807, 2.05) is 42.5 Å². The van der Waals surface area contributed by atoms with Crippen LogP contribution >= 0.6 is 0 Å². The van der Waals surface area contributed by atoms with Crippen molar-refractivity contribution in [2.75, 3.05) is 6.61 Å². The fourth-order valence-corrected chi connectivity index (χ4v) is 3.96. The number of benzene rings is 2. The molecular formula is C25H22N2O3. The highest BCUT2D eigenvalue weighted by molar-refractivity contribution is 6.07. The lowest BCUT2D eigenvalue weighted by Gasteiger charge is -2.12. The Bertz CT molecular complexity index is 1160. The number of esters is 1. The molecular weight excluding hydrogens is 376 g/mol. The number of allylic oxidation sites excluding steroid dienone is 1. The Kier molecular flexibility index (Phi) is 4.79. The molecule has 1 amide bonds. The third-order valence-corrected chi connectivity index (χ3v) is 5.56. The number of amides is 1. The molecule has 5 rings (SSSR count). The lowest BCUT2D eigenvalue weighted by Crippen LogP contribution is -2.30. The van der Waals surface area contributed by atoms with E-state index in [0.717, 1.165) is 59.0 Å². The second kappa shape index (κ2) is 7.75. The van der Waals surface area contributed by atoms with Crippen LogP contribution in [0.5, 0.6) is 0 Å². The van der Waals surface area contributed by atoms with E-state index in [1.54, 1.807) is 0 Å². The summed E-state index contributed by atoms with van der Waals surface area (Å²) in [5.74, 6) is -0.706. The van der Waals surface area contributed by atoms with Crippen molar-refractivity contribution in [3.05, 3.63) is 77.0 Å². The average Bonchev–Trinajstić information content (AvgIpc) is 3.50. The molecule has 2 aliphatic rings. The first-order valence-electron chi connectivity index (χ1n) is 10.3. The van der Waals surface area contributed by atoms with Crippen molar-refractivity contribution < 1.29 is 14.3 Å². The van der Waals surface area contributed by atoms with E-state index in [9.17, 15) is 9.59 Å². The smallest absolute Gasteiger partial charge is 0.339 e. The van der Waals surface area contributed by atoms with Crippen molar-refractivity contribution in [2.24, 2.45) is 0 Å². The van der Waals surface area contributed by atoms with Gasteiger partial charge in [-0.3, -0.25) is 4.79 Å². The summed E-state index contributed by atoms with van der Waals surface area (Å²) in [7, 11) is 0. The molecule has 0 aliphatic heterocycles. The first kappa shape index (κ1) is 18.6. The molecule has 0 bridgehead atoms. The molecule has 0 unspecified atom stereocenters. The highest BCUT2D eigenvalue weighted by Gasteiger charge is 2.28. The van der Waals surface area contributed by atoms with Gasteiger partial charge in [-0.05, 0) is 54.5 Å². The van der Waals surface area contributed by atoms with Gasteiger partial charge in [-0.15, -0.1) is 0 Å². The summed E-state index contributed by atoms with van der Waals surface area (Å²) in [5.41, 5.74) is 5.27. The molecule has 1 heterocycles. The maximum absolute atomic E-state index is 13.0. The van der Waals surface area contributed by atoms with Gasteiger partial charge in [-0.1, -0.05) is 48.5 Å². The molecule has 1 fully saturated rings. The van der Waals surface area contributed by atoms with E-state index in [4.69, 9.17) is 9.72 Å². The van der Waals surface area contributed by atoms with E-state index in [1.165, 1.54) is 0 Å². The molecule has 0 radical (unpaired) electrons. The molecule has 1 saturated carbocycles. The number of rotatable bonds is 5. The number of carbonyl (C=O) groups excluding carboxylic acids is 2. The van der Waals surface area contributed by atoms with Gasteiger partial charge in [0.25, 0.3) is 5.91 Å². The van der Waals surface area contributed by atoms with E-state index in [-0.39, 0.29) is 18.6 Å². The molecule has 0 atom stereocenters. The summed E-state index contributed by atoms with van der Waals surface area (Å²) in [6, 6.07) is 18.0. The highest BCUT2D eigenvalue weighted by atomic mass is 16.5. The maximum Gasteiger partial charge on any atom is 0.339 e. The zero-order valence-corrected chi connectivity index (χ0v) is 16.6. The Hall–Kier alpha value is -3.47. The van der Waals surface area contributed by atoms with E-state index < -0.39 is 5.97 Å². The summed E-state index contributed by atoms with van der Waals surface area (Å²) in [6.07, 6.45) is 5.67. The Labute approximate surface area is 174 Å². The monoisotopic (exact) mass is 398 g/mol. The molecule has 5 nitrogen and oxygen atoms in total. The SMILES string of the molecule is O=C(COC(=O)c1c2c(nc3ccccc13)C(=Cc1ccccc1)CC2)NC1CC1. The van der Waals surface area contributed by atoms with Crippen LogP contribution in [0.2, 0.25) is 0 Å². The van der Waals surface area contributed by atoms with E-state index in [2.05, 4.69) is 23.5 Å². The molecule has 0 spiro atoms. The van der Waals surface area contributed by atoms with Crippen LogP contribution in [0.15, 0.2) is 54.6 Å². The van der Waals surface area contributed by atoms with Crippen molar-refractivity contribution in [3.63, 3.8) is 0 Å². The number of fused-ring (bicyclic) bond motifs is 2. The topological polar surface area (TPSA) is 68.3 Å². The lowest BCUT2D eigenvalue weighted by molar-refractivity contribution is -0.124. The van der Waals surface area contributed by atoms with Crippen LogP contribution in [-0.2, 0) is 16.0 Å². The first-order valence-corrected chi connectivity index (χ1v) is 10.3. The number of hydrogen-bond donors (Lipinski definition) is 1. The summed E-state index contributed by atoms with van der Waals surface area (Å²) >= 11 is 0. The minimum absolute atomic E-state index is 0.243. The van der Waals surface area contributed by atoms with Crippen molar-refractivity contribution >= 4 is 34.4 Å². The number of aromatic nitrogens is 1. The largest absolute Gasteiger partial charge is 0.452 e. The van der Waals surface area contributed by atoms with Crippen molar-refractivity contribution in [1.82, 2.24) is 10.3 Å². The molecule has 1 N–H and O–H groups in total. The number of ether oxygens (including phenoxy) is 1. The summed E-state index contributed by atoms with van der Waals surface area (Å²) in [4.78, 5) is 29.9. The lowest BCUT2D eigenvalue weighted by atomic mass is 10.0. The minimum atomic E-state index is -0.461. The Morgan fingerprint density at radius 2 is 1.80 bits per heavy atom. The number of carbonyl (C=O) groups is 2. The van der Waals surface area contributed by atoms with Gasteiger partial charge in [0.1, 0.15) is 0 Å². The summed E-state index contributed by atoms with van der Waals surface area (Å²) in [6.45, 7) is -0.256. The molecule has 0 saturated heterocycles. The van der Waals surface area contributed by atoms with Crippen LogP contribution in [0.4, 0.5) is 0 Å². The van der Waals surface area contributed by atoms with Gasteiger partial charge in [-0.25, -0.2) is 9.78 Å². The van der Waals surface area contributed by atoms with Crippen LogP contribution in [0, 0.1) is 0 Å². The number of hydrogen-bond acceptors (Lipinski definition) is 4. The standard InChI is InChI=1S/C25H22N2O3/c28-22(26-18-11-12-18)15-30-25(29)23-19-8-4-5-9-21(19)27-24-17(10-13-20(23)24)14-16-6-2-1-3-7-16/h1-9,14,18H,10-13,15H2,(H,26,28). The molecule has 3 aromatic rings. The maximum atomic E-state index is 13.0. The first-order chi connectivity index (χ1) is 14.7. The van der Waals surface area contributed by atoms with E-state index >= 15 is 0 Å². The number of pyridine rings is 1. The number of para-hydroxylation sites is 1. The van der Waals surface area contributed by atoms with Gasteiger partial charge in [0.05, 0.1) is 16.8 Å². The zero-order valence-electron chi connectivity index (χ0n) is 16.6. The molecule has 30 heavy (non-hydrogen) atoms. The zero-order chi connectivity index (χ0) is 20.5. The third kappa shape index (κ3) is 3.71. The van der Waals surface area contributed by atoms with Crippen LogP contribution in [0.25, 0.3) is 22.6 Å². The molecule has 150 valence electrons. The van der Waals surface area contributed by atoms with Crippen LogP contribution in [0.3, 0.4) is 0 Å². The molecule has 2 aromatic carbocycles. The highest BCUT2D eigenvalue weighted by Crippen LogP contribution is 2.37. The summed E-state index contributed by atoms with van der Waals surface area (Å²) in [5, 5.41) is 3.62. The Morgan fingerprint density at radius 3 is 2.60 bits per heavy atom. The predicted octanol–water partition coefficient (Wildman–Crippen LogP) is 4.16. The third-order valence-electron chi connectivity index (χ3n) is 5.56. The minimum Gasteiger partial charge on any atom is -0.452 e. The average molecular weight is 398 g/mol. The fourth-order valence-electron chi connectivity index (χ4n) is 3.96. The quantitative estimate of drug-likeness (QED) is 0.656. The van der Waals surface area contributed by atoms with Gasteiger partial charge >= 0.3 is 5.97 Å². The Balaban J connectivity index is 1.51.